The highest BCUT2D eigenvalue weighted by Gasteiger charge is 2.31. The molecule has 3 aromatic rings. The smallest absolute Gasteiger partial charge is 0.290 e. The molecule has 1 atom stereocenters. The van der Waals surface area contributed by atoms with Crippen LogP contribution in [-0.4, -0.2) is 27.3 Å². The molecule has 3 heterocycles. The maximum absolute atomic E-state index is 12.7. The van der Waals surface area contributed by atoms with Gasteiger partial charge in [0.15, 0.2) is 5.76 Å². The summed E-state index contributed by atoms with van der Waals surface area (Å²) < 4.78 is 5.27. The third kappa shape index (κ3) is 2.19. The van der Waals surface area contributed by atoms with E-state index in [1.807, 2.05) is 29.2 Å². The molecule has 2 aromatic heterocycles. The van der Waals surface area contributed by atoms with E-state index in [1.54, 1.807) is 12.1 Å². The van der Waals surface area contributed by atoms with Crippen LogP contribution in [0.3, 0.4) is 0 Å². The van der Waals surface area contributed by atoms with E-state index in [2.05, 4.69) is 9.97 Å². The molecule has 1 amide bonds. The summed E-state index contributed by atoms with van der Waals surface area (Å²) >= 11 is 0. The van der Waals surface area contributed by atoms with E-state index in [4.69, 9.17) is 4.42 Å². The molecule has 0 radical (unpaired) electrons. The summed E-state index contributed by atoms with van der Waals surface area (Å²) in [5.41, 5.74) is 1.95. The second kappa shape index (κ2) is 5.33. The Bertz CT molecular complexity index is 758. The Balaban J connectivity index is 1.69. The molecule has 0 bridgehead atoms. The number of carbonyl (C=O) groups is 1. The number of piperidine rings is 1. The Hall–Kier alpha value is -2.56. The number of aromatic amines is 1. The molecular formula is C17H17N3O2. The van der Waals surface area contributed by atoms with E-state index in [1.165, 1.54) is 6.26 Å². The standard InChI is InChI=1S/C17H17N3O2/c21-17(15-9-5-11-22-15)20-10-4-3-8-14(20)16-18-12-6-1-2-7-13(12)19-16/h1-2,5-7,9,11,14H,3-4,8,10H2,(H,18,19)/t14-/m1/s1. The highest BCUT2D eigenvalue weighted by Crippen LogP contribution is 2.31. The maximum atomic E-state index is 12.7. The van der Waals surface area contributed by atoms with Crippen molar-refractivity contribution in [1.82, 2.24) is 14.9 Å². The fraction of sp³-hybridized carbons (Fsp3) is 0.294. The fourth-order valence-electron chi connectivity index (χ4n) is 3.13. The molecule has 1 saturated heterocycles. The van der Waals surface area contributed by atoms with Crippen molar-refractivity contribution in [2.75, 3.05) is 6.54 Å². The molecule has 112 valence electrons. The Kier molecular flexibility index (Phi) is 3.18. The Morgan fingerprint density at radius 3 is 2.95 bits per heavy atom. The number of H-pyrrole nitrogens is 1. The van der Waals surface area contributed by atoms with Crippen molar-refractivity contribution in [2.24, 2.45) is 0 Å². The highest BCUT2D eigenvalue weighted by atomic mass is 16.3. The maximum Gasteiger partial charge on any atom is 0.290 e. The van der Waals surface area contributed by atoms with Crippen LogP contribution in [0.5, 0.6) is 0 Å². The summed E-state index contributed by atoms with van der Waals surface area (Å²) in [5, 5.41) is 0. The van der Waals surface area contributed by atoms with Crippen molar-refractivity contribution in [2.45, 2.75) is 25.3 Å². The van der Waals surface area contributed by atoms with Crippen LogP contribution in [0.4, 0.5) is 0 Å². The molecule has 0 saturated carbocycles. The van der Waals surface area contributed by atoms with E-state index >= 15 is 0 Å². The molecule has 0 aliphatic carbocycles. The van der Waals surface area contributed by atoms with Crippen LogP contribution in [0, 0.1) is 0 Å². The van der Waals surface area contributed by atoms with Crippen molar-refractivity contribution < 1.29 is 9.21 Å². The molecule has 1 fully saturated rings. The first-order valence-electron chi connectivity index (χ1n) is 7.62. The molecule has 1 aromatic carbocycles. The largest absolute Gasteiger partial charge is 0.459 e. The van der Waals surface area contributed by atoms with Crippen LogP contribution in [0.1, 0.15) is 41.7 Å². The molecule has 22 heavy (non-hydrogen) atoms. The van der Waals surface area contributed by atoms with Crippen molar-refractivity contribution in [3.63, 3.8) is 0 Å². The van der Waals surface area contributed by atoms with Gasteiger partial charge in [-0.1, -0.05) is 12.1 Å². The van der Waals surface area contributed by atoms with Crippen LogP contribution < -0.4 is 0 Å². The van der Waals surface area contributed by atoms with Gasteiger partial charge >= 0.3 is 0 Å². The van der Waals surface area contributed by atoms with E-state index in [0.717, 1.165) is 42.7 Å². The molecule has 5 heteroatoms. The summed E-state index contributed by atoms with van der Waals surface area (Å²) in [4.78, 5) is 22.6. The molecule has 1 N–H and O–H groups in total. The minimum atomic E-state index is -0.0600. The number of hydrogen-bond acceptors (Lipinski definition) is 3. The van der Waals surface area contributed by atoms with Gasteiger partial charge in [0.1, 0.15) is 5.82 Å². The second-order valence-corrected chi connectivity index (χ2v) is 5.63. The summed E-state index contributed by atoms with van der Waals surface area (Å²) in [5.74, 6) is 1.19. The van der Waals surface area contributed by atoms with Gasteiger partial charge in [-0.05, 0) is 43.5 Å². The third-order valence-corrected chi connectivity index (χ3v) is 4.22. The monoisotopic (exact) mass is 295 g/mol. The SMILES string of the molecule is O=C(c1ccco1)N1CCCC[C@@H]1c1nc2ccccc2[nH]1. The Morgan fingerprint density at radius 2 is 2.14 bits per heavy atom. The molecule has 1 aliphatic heterocycles. The lowest BCUT2D eigenvalue weighted by molar-refractivity contribution is 0.0569. The average Bonchev–Trinajstić information content (AvgIpc) is 3.23. The normalized spacial score (nSPS) is 18.7. The number of amides is 1. The van der Waals surface area contributed by atoms with Gasteiger partial charge in [0.25, 0.3) is 5.91 Å². The van der Waals surface area contributed by atoms with E-state index in [9.17, 15) is 4.79 Å². The van der Waals surface area contributed by atoms with Gasteiger partial charge in [-0.25, -0.2) is 4.98 Å². The average molecular weight is 295 g/mol. The number of rotatable bonds is 2. The molecule has 5 nitrogen and oxygen atoms in total. The first kappa shape index (κ1) is 13.1. The molecule has 1 aliphatic rings. The number of fused-ring (bicyclic) bond motifs is 1. The number of aromatic nitrogens is 2. The number of carbonyl (C=O) groups excluding carboxylic acids is 1. The number of furan rings is 1. The molecule has 0 spiro atoms. The minimum absolute atomic E-state index is 0.0150. The van der Waals surface area contributed by atoms with Crippen molar-refractivity contribution in [3.05, 3.63) is 54.2 Å². The van der Waals surface area contributed by atoms with Gasteiger partial charge < -0.3 is 14.3 Å². The minimum Gasteiger partial charge on any atom is -0.459 e. The van der Waals surface area contributed by atoms with Gasteiger partial charge in [-0.3, -0.25) is 4.79 Å². The van der Waals surface area contributed by atoms with Crippen molar-refractivity contribution >= 4 is 16.9 Å². The number of hydrogen-bond donors (Lipinski definition) is 1. The van der Waals surface area contributed by atoms with Crippen LogP contribution >= 0.6 is 0 Å². The predicted molar refractivity (Wildman–Crippen MR) is 82.4 cm³/mol. The quantitative estimate of drug-likeness (QED) is 0.786. The first-order chi connectivity index (χ1) is 10.8. The zero-order valence-corrected chi connectivity index (χ0v) is 12.2. The van der Waals surface area contributed by atoms with Gasteiger partial charge in [0.2, 0.25) is 0 Å². The summed E-state index contributed by atoms with van der Waals surface area (Å²) in [6.45, 7) is 0.737. The zero-order chi connectivity index (χ0) is 14.9. The van der Waals surface area contributed by atoms with E-state index in [0.29, 0.717) is 5.76 Å². The number of nitrogens with one attached hydrogen (secondary N) is 1. The van der Waals surface area contributed by atoms with Gasteiger partial charge in [0.05, 0.1) is 23.3 Å². The van der Waals surface area contributed by atoms with Crippen LogP contribution in [-0.2, 0) is 0 Å². The summed E-state index contributed by atoms with van der Waals surface area (Å²) in [7, 11) is 0. The number of para-hydroxylation sites is 2. The lowest BCUT2D eigenvalue weighted by Crippen LogP contribution is -2.38. The number of benzene rings is 1. The topological polar surface area (TPSA) is 62.1 Å². The molecule has 4 rings (SSSR count). The third-order valence-electron chi connectivity index (χ3n) is 4.22. The van der Waals surface area contributed by atoms with Gasteiger partial charge in [0, 0.05) is 6.54 Å². The Morgan fingerprint density at radius 1 is 1.23 bits per heavy atom. The van der Waals surface area contributed by atoms with Crippen LogP contribution in [0.15, 0.2) is 47.1 Å². The predicted octanol–water partition coefficient (Wildman–Crippen LogP) is 3.52. The van der Waals surface area contributed by atoms with Crippen LogP contribution in [0.2, 0.25) is 0 Å². The highest BCUT2D eigenvalue weighted by molar-refractivity contribution is 5.91. The number of imidazole rings is 1. The fourth-order valence-corrected chi connectivity index (χ4v) is 3.13. The van der Waals surface area contributed by atoms with Crippen molar-refractivity contribution in [1.29, 1.82) is 0 Å². The van der Waals surface area contributed by atoms with Crippen LogP contribution in [0.25, 0.3) is 11.0 Å². The number of likely N-dealkylation sites (tertiary alicyclic amines) is 1. The zero-order valence-electron chi connectivity index (χ0n) is 12.2. The molecule has 0 unspecified atom stereocenters. The molecular weight excluding hydrogens is 278 g/mol. The lowest BCUT2D eigenvalue weighted by Gasteiger charge is -2.33. The Labute approximate surface area is 127 Å². The lowest BCUT2D eigenvalue weighted by atomic mass is 10.0. The van der Waals surface area contributed by atoms with E-state index < -0.39 is 0 Å². The van der Waals surface area contributed by atoms with E-state index in [-0.39, 0.29) is 11.9 Å². The summed E-state index contributed by atoms with van der Waals surface area (Å²) in [6, 6.07) is 11.4. The summed E-state index contributed by atoms with van der Waals surface area (Å²) in [6.07, 6.45) is 4.58. The first-order valence-corrected chi connectivity index (χ1v) is 7.62. The second-order valence-electron chi connectivity index (χ2n) is 5.63. The van der Waals surface area contributed by atoms with Crippen molar-refractivity contribution in [3.8, 4) is 0 Å². The van der Waals surface area contributed by atoms with Gasteiger partial charge in [-0.2, -0.15) is 0 Å². The van der Waals surface area contributed by atoms with Gasteiger partial charge in [-0.15, -0.1) is 0 Å². The number of nitrogens with zero attached hydrogens (tertiary/aromatic N) is 2.